The quantitative estimate of drug-likeness (QED) is 0.854. The molecule has 0 aliphatic carbocycles. The van der Waals surface area contributed by atoms with E-state index in [0.717, 1.165) is 11.2 Å². The molecule has 0 atom stereocenters. The Morgan fingerprint density at radius 1 is 1.06 bits per heavy atom. The first-order chi connectivity index (χ1) is 8.70. The molecule has 0 radical (unpaired) electrons. The molecule has 0 fully saturated rings. The summed E-state index contributed by atoms with van der Waals surface area (Å²) in [6.45, 7) is 0. The Kier molecular flexibility index (Phi) is 3.79. The smallest absolute Gasteiger partial charge is 0.336 e. The summed E-state index contributed by atoms with van der Waals surface area (Å²) >= 11 is 1.36. The molecule has 2 aromatic carbocycles. The molecule has 0 aromatic heterocycles. The van der Waals surface area contributed by atoms with Crippen LogP contribution in [0.2, 0.25) is 0 Å². The number of carbonyl (C=O) groups is 2. The maximum Gasteiger partial charge on any atom is 0.336 e. The molecule has 0 spiro atoms. The lowest BCUT2D eigenvalue weighted by molar-refractivity contribution is 0.0693. The van der Waals surface area contributed by atoms with Crippen molar-refractivity contribution < 1.29 is 14.7 Å². The van der Waals surface area contributed by atoms with E-state index in [1.165, 1.54) is 11.8 Å². The molecule has 18 heavy (non-hydrogen) atoms. The summed E-state index contributed by atoms with van der Waals surface area (Å²) in [5.41, 5.74) is 0.882. The van der Waals surface area contributed by atoms with Crippen LogP contribution in [0.1, 0.15) is 20.7 Å². The minimum absolute atomic E-state index is 0.280. The van der Waals surface area contributed by atoms with Gasteiger partial charge in [0, 0.05) is 15.4 Å². The standard InChI is InChI=1S/C14H10O3S/c15-9-10-5-7-11(8-6-10)18-13-4-2-1-3-12(13)14(16)17/h1-9H,(H,16,17). The Hall–Kier alpha value is -2.07. The first kappa shape index (κ1) is 12.4. The molecule has 0 saturated heterocycles. The van der Waals surface area contributed by atoms with Crippen molar-refractivity contribution >= 4 is 24.0 Å². The van der Waals surface area contributed by atoms with Crippen LogP contribution in [-0.2, 0) is 0 Å². The van der Waals surface area contributed by atoms with Crippen molar-refractivity contribution in [3.63, 3.8) is 0 Å². The zero-order valence-corrected chi connectivity index (χ0v) is 10.2. The van der Waals surface area contributed by atoms with Gasteiger partial charge in [-0.25, -0.2) is 4.79 Å². The third-order valence-electron chi connectivity index (χ3n) is 2.36. The zero-order valence-electron chi connectivity index (χ0n) is 9.37. The van der Waals surface area contributed by atoms with Gasteiger partial charge in [0.1, 0.15) is 6.29 Å². The van der Waals surface area contributed by atoms with E-state index in [1.54, 1.807) is 48.5 Å². The zero-order chi connectivity index (χ0) is 13.0. The molecule has 0 bridgehead atoms. The normalized spacial score (nSPS) is 10.0. The average Bonchev–Trinajstić information content (AvgIpc) is 2.40. The van der Waals surface area contributed by atoms with Crippen molar-refractivity contribution in [1.82, 2.24) is 0 Å². The van der Waals surface area contributed by atoms with Crippen LogP contribution in [0.15, 0.2) is 58.3 Å². The highest BCUT2D eigenvalue weighted by Crippen LogP contribution is 2.30. The first-order valence-corrected chi connectivity index (χ1v) is 6.08. The predicted octanol–water partition coefficient (Wildman–Crippen LogP) is 3.35. The Balaban J connectivity index is 2.28. The summed E-state index contributed by atoms with van der Waals surface area (Å²) in [6, 6.07) is 13.8. The van der Waals surface area contributed by atoms with Crippen LogP contribution in [0.5, 0.6) is 0 Å². The molecule has 0 aliphatic rings. The third kappa shape index (κ3) is 2.78. The Morgan fingerprint density at radius 2 is 1.72 bits per heavy atom. The topological polar surface area (TPSA) is 54.4 Å². The number of benzene rings is 2. The van der Waals surface area contributed by atoms with Crippen LogP contribution < -0.4 is 0 Å². The van der Waals surface area contributed by atoms with Crippen molar-refractivity contribution in [3.05, 3.63) is 59.7 Å². The van der Waals surface area contributed by atoms with Gasteiger partial charge >= 0.3 is 5.97 Å². The highest BCUT2D eigenvalue weighted by atomic mass is 32.2. The molecule has 0 saturated carbocycles. The number of carboxylic acids is 1. The monoisotopic (exact) mass is 258 g/mol. The van der Waals surface area contributed by atoms with E-state index >= 15 is 0 Å². The van der Waals surface area contributed by atoms with Gasteiger partial charge in [-0.05, 0) is 24.3 Å². The molecule has 0 unspecified atom stereocenters. The largest absolute Gasteiger partial charge is 0.478 e. The minimum Gasteiger partial charge on any atom is -0.478 e. The van der Waals surface area contributed by atoms with Crippen molar-refractivity contribution in [1.29, 1.82) is 0 Å². The minimum atomic E-state index is -0.942. The summed E-state index contributed by atoms with van der Waals surface area (Å²) in [4.78, 5) is 23.2. The number of hydrogen-bond acceptors (Lipinski definition) is 3. The second kappa shape index (κ2) is 5.51. The van der Waals surface area contributed by atoms with Gasteiger partial charge in [-0.1, -0.05) is 36.0 Å². The van der Waals surface area contributed by atoms with Gasteiger partial charge in [0.15, 0.2) is 0 Å². The Labute approximate surface area is 108 Å². The number of carbonyl (C=O) groups excluding carboxylic acids is 1. The summed E-state index contributed by atoms with van der Waals surface area (Å²) in [5.74, 6) is -0.942. The lowest BCUT2D eigenvalue weighted by atomic mass is 10.2. The van der Waals surface area contributed by atoms with Gasteiger partial charge in [-0.2, -0.15) is 0 Å². The lowest BCUT2D eigenvalue weighted by Gasteiger charge is -2.05. The molecule has 3 nitrogen and oxygen atoms in total. The molecular formula is C14H10O3S. The molecule has 1 N–H and O–H groups in total. The molecule has 0 amide bonds. The van der Waals surface area contributed by atoms with E-state index in [9.17, 15) is 9.59 Å². The van der Waals surface area contributed by atoms with Crippen molar-refractivity contribution in [2.75, 3.05) is 0 Å². The van der Waals surface area contributed by atoms with Crippen LogP contribution in [0.25, 0.3) is 0 Å². The van der Waals surface area contributed by atoms with Gasteiger partial charge in [-0.3, -0.25) is 4.79 Å². The molecule has 90 valence electrons. The van der Waals surface area contributed by atoms with Gasteiger partial charge in [0.05, 0.1) is 5.56 Å². The maximum atomic E-state index is 11.1. The first-order valence-electron chi connectivity index (χ1n) is 5.26. The molecule has 2 aromatic rings. The Morgan fingerprint density at radius 3 is 2.33 bits per heavy atom. The molecule has 0 heterocycles. The SMILES string of the molecule is O=Cc1ccc(Sc2ccccc2C(=O)O)cc1. The van der Waals surface area contributed by atoms with Gasteiger partial charge in [0.25, 0.3) is 0 Å². The third-order valence-corrected chi connectivity index (χ3v) is 3.45. The van der Waals surface area contributed by atoms with Gasteiger partial charge in [-0.15, -0.1) is 0 Å². The number of aromatic carboxylic acids is 1. The fraction of sp³-hybridized carbons (Fsp3) is 0. The number of carboxylic acid groups (broad SMARTS) is 1. The summed E-state index contributed by atoms with van der Waals surface area (Å²) in [5, 5.41) is 9.07. The van der Waals surface area contributed by atoms with E-state index < -0.39 is 5.97 Å². The number of aldehydes is 1. The second-order valence-electron chi connectivity index (χ2n) is 3.59. The molecule has 4 heteroatoms. The summed E-state index contributed by atoms with van der Waals surface area (Å²) < 4.78 is 0. The maximum absolute atomic E-state index is 11.1. The molecule has 2 rings (SSSR count). The van der Waals surface area contributed by atoms with Crippen LogP contribution in [0, 0.1) is 0 Å². The highest BCUT2D eigenvalue weighted by molar-refractivity contribution is 7.99. The van der Waals surface area contributed by atoms with Gasteiger partial charge in [0.2, 0.25) is 0 Å². The average molecular weight is 258 g/mol. The number of rotatable bonds is 4. The van der Waals surface area contributed by atoms with Crippen LogP contribution in [0.3, 0.4) is 0 Å². The van der Waals surface area contributed by atoms with E-state index in [2.05, 4.69) is 0 Å². The second-order valence-corrected chi connectivity index (χ2v) is 4.71. The van der Waals surface area contributed by atoms with E-state index in [1.807, 2.05) is 0 Å². The summed E-state index contributed by atoms with van der Waals surface area (Å²) in [6.07, 6.45) is 0.777. The molecule has 0 aliphatic heterocycles. The van der Waals surface area contributed by atoms with Crippen LogP contribution >= 0.6 is 11.8 Å². The fourth-order valence-electron chi connectivity index (χ4n) is 1.47. The Bertz CT molecular complexity index is 576. The lowest BCUT2D eigenvalue weighted by Crippen LogP contribution is -1.97. The molecular weight excluding hydrogens is 248 g/mol. The van der Waals surface area contributed by atoms with E-state index in [4.69, 9.17) is 5.11 Å². The van der Waals surface area contributed by atoms with E-state index in [-0.39, 0.29) is 5.56 Å². The van der Waals surface area contributed by atoms with Crippen molar-refractivity contribution in [2.45, 2.75) is 9.79 Å². The fourth-order valence-corrected chi connectivity index (χ4v) is 2.41. The predicted molar refractivity (Wildman–Crippen MR) is 69.4 cm³/mol. The van der Waals surface area contributed by atoms with E-state index in [0.29, 0.717) is 10.5 Å². The summed E-state index contributed by atoms with van der Waals surface area (Å²) in [7, 11) is 0. The van der Waals surface area contributed by atoms with Crippen molar-refractivity contribution in [2.24, 2.45) is 0 Å². The van der Waals surface area contributed by atoms with Gasteiger partial charge < -0.3 is 5.11 Å². The van der Waals surface area contributed by atoms with Crippen molar-refractivity contribution in [3.8, 4) is 0 Å². The van der Waals surface area contributed by atoms with Crippen LogP contribution in [-0.4, -0.2) is 17.4 Å². The highest BCUT2D eigenvalue weighted by Gasteiger charge is 2.09. The van der Waals surface area contributed by atoms with Crippen LogP contribution in [0.4, 0.5) is 0 Å². The number of hydrogen-bond donors (Lipinski definition) is 1.